The lowest BCUT2D eigenvalue weighted by Gasteiger charge is -2.32. The van der Waals surface area contributed by atoms with Crippen molar-refractivity contribution in [1.29, 1.82) is 0 Å². The third-order valence-corrected chi connectivity index (χ3v) is 4.33. The maximum Gasteiger partial charge on any atom is 0.254 e. The molecule has 3 rings (SSSR count). The second kappa shape index (κ2) is 8.43. The van der Waals surface area contributed by atoms with Gasteiger partial charge in [0.2, 0.25) is 0 Å². The molecule has 6 heteroatoms. The quantitative estimate of drug-likeness (QED) is 0.883. The van der Waals surface area contributed by atoms with Gasteiger partial charge in [0.15, 0.2) is 0 Å². The van der Waals surface area contributed by atoms with Crippen LogP contribution in [0.2, 0.25) is 5.02 Å². The van der Waals surface area contributed by atoms with Crippen molar-refractivity contribution in [3.8, 4) is 0 Å². The highest BCUT2D eigenvalue weighted by Gasteiger charge is 2.29. The minimum atomic E-state index is -0.650. The summed E-state index contributed by atoms with van der Waals surface area (Å²) in [6.07, 6.45) is 0.481. The first kappa shape index (κ1) is 17.9. The largest absolute Gasteiger partial charge is 0.379 e. The van der Waals surface area contributed by atoms with E-state index in [9.17, 15) is 9.18 Å². The van der Waals surface area contributed by atoms with Crippen LogP contribution < -0.4 is 5.32 Å². The molecule has 1 saturated heterocycles. The van der Waals surface area contributed by atoms with Crippen LogP contribution in [0.4, 0.5) is 4.39 Å². The lowest BCUT2D eigenvalue weighted by atomic mass is 10.1. The van der Waals surface area contributed by atoms with Gasteiger partial charge in [0.05, 0.1) is 30.9 Å². The van der Waals surface area contributed by atoms with Crippen molar-refractivity contribution in [3.05, 3.63) is 70.5 Å². The minimum Gasteiger partial charge on any atom is -0.379 e. The number of carbonyl (C=O) groups is 1. The summed E-state index contributed by atoms with van der Waals surface area (Å²) in [4.78, 5) is 12.4. The van der Waals surface area contributed by atoms with Gasteiger partial charge in [-0.15, -0.1) is 0 Å². The van der Waals surface area contributed by atoms with Crippen LogP contribution in [-0.4, -0.2) is 31.3 Å². The van der Waals surface area contributed by atoms with E-state index in [4.69, 9.17) is 21.1 Å². The number of hydrogen-bond acceptors (Lipinski definition) is 3. The van der Waals surface area contributed by atoms with Crippen LogP contribution in [-0.2, 0) is 16.1 Å². The maximum absolute atomic E-state index is 13.9. The first-order chi connectivity index (χ1) is 12.1. The number of rotatable bonds is 5. The highest BCUT2D eigenvalue weighted by atomic mass is 35.5. The van der Waals surface area contributed by atoms with E-state index in [0.717, 1.165) is 11.6 Å². The zero-order valence-corrected chi connectivity index (χ0v) is 14.3. The molecule has 25 heavy (non-hydrogen) atoms. The first-order valence-electron chi connectivity index (χ1n) is 8.12. The average molecular weight is 364 g/mol. The summed E-state index contributed by atoms with van der Waals surface area (Å²) in [5, 5.41) is 3.06. The van der Waals surface area contributed by atoms with Gasteiger partial charge in [-0.05, 0) is 30.2 Å². The summed E-state index contributed by atoms with van der Waals surface area (Å²) in [6, 6.07) is 13.5. The zero-order chi connectivity index (χ0) is 17.6. The van der Waals surface area contributed by atoms with Crippen LogP contribution in [0.25, 0.3) is 0 Å². The monoisotopic (exact) mass is 363 g/mol. The van der Waals surface area contributed by atoms with Gasteiger partial charge in [-0.1, -0.05) is 41.9 Å². The smallest absolute Gasteiger partial charge is 0.254 e. The molecule has 2 aromatic rings. The third-order valence-electron chi connectivity index (χ3n) is 4.09. The minimum absolute atomic E-state index is 0.0446. The standard InChI is InChI=1S/C19H19ClFNO3/c20-14-6-7-15(16(21)10-14)19(23)22-17-12-24-9-8-18(17)25-11-13-4-2-1-3-5-13/h1-7,10,17-18H,8-9,11-12H2,(H,22,23). The summed E-state index contributed by atoms with van der Waals surface area (Å²) in [7, 11) is 0. The van der Waals surface area contributed by atoms with Crippen LogP contribution in [0.3, 0.4) is 0 Å². The molecular weight excluding hydrogens is 345 g/mol. The Bertz CT molecular complexity index is 726. The molecule has 1 fully saturated rings. The summed E-state index contributed by atoms with van der Waals surface area (Å²) < 4.78 is 25.3. The molecule has 0 spiro atoms. The Hall–Kier alpha value is -1.95. The molecule has 1 N–H and O–H groups in total. The first-order valence-corrected chi connectivity index (χ1v) is 8.50. The lowest BCUT2D eigenvalue weighted by molar-refractivity contribution is -0.0605. The van der Waals surface area contributed by atoms with E-state index in [1.807, 2.05) is 30.3 Å². The molecule has 2 unspecified atom stereocenters. The molecule has 1 aliphatic rings. The summed E-state index contributed by atoms with van der Waals surface area (Å²) >= 11 is 5.72. The predicted molar refractivity (Wildman–Crippen MR) is 93.1 cm³/mol. The molecular formula is C19H19ClFNO3. The van der Waals surface area contributed by atoms with Gasteiger partial charge in [-0.2, -0.15) is 0 Å². The van der Waals surface area contributed by atoms with Crippen LogP contribution in [0.5, 0.6) is 0 Å². The van der Waals surface area contributed by atoms with Crippen molar-refractivity contribution >= 4 is 17.5 Å². The van der Waals surface area contributed by atoms with E-state index in [1.54, 1.807) is 0 Å². The summed E-state index contributed by atoms with van der Waals surface area (Å²) in [6.45, 7) is 1.36. The fraction of sp³-hybridized carbons (Fsp3) is 0.316. The number of nitrogens with one attached hydrogen (secondary N) is 1. The van der Waals surface area contributed by atoms with Crippen molar-refractivity contribution in [3.63, 3.8) is 0 Å². The van der Waals surface area contributed by atoms with Crippen LogP contribution in [0, 0.1) is 5.82 Å². The Morgan fingerprint density at radius 2 is 2.08 bits per heavy atom. The number of ether oxygens (including phenoxy) is 2. The molecule has 4 nitrogen and oxygen atoms in total. The van der Waals surface area contributed by atoms with Crippen LogP contribution in [0.15, 0.2) is 48.5 Å². The van der Waals surface area contributed by atoms with E-state index in [0.29, 0.717) is 26.2 Å². The van der Waals surface area contributed by atoms with Gasteiger partial charge in [0.25, 0.3) is 5.91 Å². The Morgan fingerprint density at radius 3 is 2.84 bits per heavy atom. The maximum atomic E-state index is 13.9. The second-order valence-corrected chi connectivity index (χ2v) is 6.34. The van der Waals surface area contributed by atoms with Crippen molar-refractivity contribution in [1.82, 2.24) is 5.32 Å². The molecule has 0 bridgehead atoms. The molecule has 132 valence electrons. The van der Waals surface area contributed by atoms with Crippen molar-refractivity contribution in [2.75, 3.05) is 13.2 Å². The van der Waals surface area contributed by atoms with E-state index in [-0.39, 0.29) is 22.7 Å². The Labute approximate surface area is 150 Å². The van der Waals surface area contributed by atoms with Crippen molar-refractivity contribution in [2.45, 2.75) is 25.2 Å². The number of benzene rings is 2. The van der Waals surface area contributed by atoms with Gasteiger partial charge in [0, 0.05) is 11.6 Å². The number of halogens is 2. The van der Waals surface area contributed by atoms with Crippen molar-refractivity contribution in [2.24, 2.45) is 0 Å². The number of amides is 1. The SMILES string of the molecule is O=C(NC1COCCC1OCc1ccccc1)c1ccc(Cl)cc1F. The number of hydrogen-bond donors (Lipinski definition) is 1. The molecule has 2 aromatic carbocycles. The summed E-state index contributed by atoms with van der Waals surface area (Å²) in [5.41, 5.74) is 1.01. The third kappa shape index (κ3) is 4.78. The molecule has 0 aromatic heterocycles. The van der Waals surface area contributed by atoms with Gasteiger partial charge in [0.1, 0.15) is 5.82 Å². The Morgan fingerprint density at radius 1 is 1.28 bits per heavy atom. The Balaban J connectivity index is 1.63. The van der Waals surface area contributed by atoms with Gasteiger partial charge in [-0.25, -0.2) is 4.39 Å². The molecule has 0 radical (unpaired) electrons. The topological polar surface area (TPSA) is 47.6 Å². The predicted octanol–water partition coefficient (Wildman–Crippen LogP) is 3.58. The van der Waals surface area contributed by atoms with Crippen LogP contribution >= 0.6 is 11.6 Å². The lowest BCUT2D eigenvalue weighted by Crippen LogP contribution is -2.50. The zero-order valence-electron chi connectivity index (χ0n) is 13.6. The molecule has 0 aliphatic carbocycles. The fourth-order valence-corrected chi connectivity index (χ4v) is 2.91. The normalized spacial score (nSPS) is 20.2. The van der Waals surface area contributed by atoms with E-state index < -0.39 is 11.7 Å². The number of carbonyl (C=O) groups excluding carboxylic acids is 1. The van der Waals surface area contributed by atoms with E-state index in [2.05, 4.69) is 5.32 Å². The molecule has 1 amide bonds. The second-order valence-electron chi connectivity index (χ2n) is 5.90. The molecule has 2 atom stereocenters. The summed E-state index contributed by atoms with van der Waals surface area (Å²) in [5.74, 6) is -1.15. The van der Waals surface area contributed by atoms with E-state index in [1.165, 1.54) is 12.1 Å². The van der Waals surface area contributed by atoms with Crippen LogP contribution in [0.1, 0.15) is 22.3 Å². The fourth-order valence-electron chi connectivity index (χ4n) is 2.75. The molecule has 0 saturated carbocycles. The van der Waals surface area contributed by atoms with Gasteiger partial charge in [-0.3, -0.25) is 4.79 Å². The molecule has 1 aliphatic heterocycles. The van der Waals surface area contributed by atoms with Crippen molar-refractivity contribution < 1.29 is 18.7 Å². The van der Waals surface area contributed by atoms with Gasteiger partial charge >= 0.3 is 0 Å². The van der Waals surface area contributed by atoms with E-state index >= 15 is 0 Å². The Kier molecular flexibility index (Phi) is 6.02. The molecule has 1 heterocycles. The average Bonchev–Trinajstić information content (AvgIpc) is 2.61. The van der Waals surface area contributed by atoms with Gasteiger partial charge < -0.3 is 14.8 Å². The highest BCUT2D eigenvalue weighted by molar-refractivity contribution is 6.30. The highest BCUT2D eigenvalue weighted by Crippen LogP contribution is 2.17.